The van der Waals surface area contributed by atoms with Gasteiger partial charge in [0.05, 0.1) is 23.7 Å². The van der Waals surface area contributed by atoms with Crippen LogP contribution in [0.2, 0.25) is 0 Å². The minimum absolute atomic E-state index is 0.0944. The first-order valence-corrected chi connectivity index (χ1v) is 11.1. The second-order valence-corrected chi connectivity index (χ2v) is 8.16. The Morgan fingerprint density at radius 1 is 1.16 bits per heavy atom. The van der Waals surface area contributed by atoms with Crippen LogP contribution in [0.3, 0.4) is 0 Å². The van der Waals surface area contributed by atoms with Crippen LogP contribution in [-0.2, 0) is 17.1 Å². The van der Waals surface area contributed by atoms with E-state index in [0.717, 1.165) is 11.5 Å². The summed E-state index contributed by atoms with van der Waals surface area (Å²) in [6, 6.07) is 11.8. The first-order chi connectivity index (χ1) is 15.5. The normalized spacial score (nSPS) is 14.1. The molecular formula is C22H23FN4O4S. The number of methoxy groups -OCH3 is 1. The molecule has 0 saturated carbocycles. The molecule has 8 nitrogen and oxygen atoms in total. The Morgan fingerprint density at radius 2 is 1.91 bits per heavy atom. The van der Waals surface area contributed by atoms with Crippen LogP contribution in [0, 0.1) is 5.82 Å². The maximum Gasteiger partial charge on any atom is 0.371 e. The quantitative estimate of drug-likeness (QED) is 0.401. The zero-order valence-electron chi connectivity index (χ0n) is 17.5. The van der Waals surface area contributed by atoms with Gasteiger partial charge in [-0.3, -0.25) is 0 Å². The first kappa shape index (κ1) is 22.1. The van der Waals surface area contributed by atoms with Crippen LogP contribution in [0.1, 0.15) is 22.0 Å². The third-order valence-corrected chi connectivity index (χ3v) is 5.92. The van der Waals surface area contributed by atoms with Gasteiger partial charge in [0.1, 0.15) is 17.4 Å². The van der Waals surface area contributed by atoms with Gasteiger partial charge in [-0.15, -0.1) is 0 Å². The van der Waals surface area contributed by atoms with Gasteiger partial charge in [0.25, 0.3) is 0 Å². The molecule has 4 rings (SSSR count). The van der Waals surface area contributed by atoms with E-state index in [0.29, 0.717) is 55.1 Å². The lowest BCUT2D eigenvalue weighted by atomic mass is 10.2. The summed E-state index contributed by atoms with van der Waals surface area (Å²) in [6.45, 7) is 3.10. The van der Waals surface area contributed by atoms with Crippen LogP contribution < -0.4 is 9.80 Å². The maximum atomic E-state index is 14.1. The highest BCUT2D eigenvalue weighted by molar-refractivity contribution is 7.98. The number of carboxylic acid groups (broad SMARTS) is 1. The molecular weight excluding hydrogens is 435 g/mol. The molecule has 1 aromatic carbocycles. The highest BCUT2D eigenvalue weighted by Gasteiger charge is 2.21. The van der Waals surface area contributed by atoms with E-state index in [-0.39, 0.29) is 11.6 Å². The molecule has 3 aromatic rings. The van der Waals surface area contributed by atoms with E-state index in [1.54, 1.807) is 25.3 Å². The fourth-order valence-electron chi connectivity index (χ4n) is 3.50. The van der Waals surface area contributed by atoms with Gasteiger partial charge >= 0.3 is 5.97 Å². The minimum Gasteiger partial charge on any atom is -0.475 e. The molecule has 0 atom stereocenters. The number of hydrogen-bond acceptors (Lipinski definition) is 8. The smallest absolute Gasteiger partial charge is 0.371 e. The molecule has 0 spiro atoms. The largest absolute Gasteiger partial charge is 0.475 e. The van der Waals surface area contributed by atoms with E-state index in [2.05, 4.69) is 14.9 Å². The highest BCUT2D eigenvalue weighted by Crippen LogP contribution is 2.26. The number of para-hydroxylation sites is 1. The summed E-state index contributed by atoms with van der Waals surface area (Å²) < 4.78 is 24.7. The number of ether oxygens (including phenoxy) is 1. The van der Waals surface area contributed by atoms with E-state index in [4.69, 9.17) is 14.3 Å². The van der Waals surface area contributed by atoms with Crippen LogP contribution >= 0.6 is 11.8 Å². The number of aromatic nitrogens is 2. The topological polar surface area (TPSA) is 91.9 Å². The second-order valence-electron chi connectivity index (χ2n) is 7.22. The Kier molecular flexibility index (Phi) is 6.91. The molecule has 1 aliphatic heterocycles. The Hall–Kier alpha value is -3.11. The molecule has 168 valence electrons. The van der Waals surface area contributed by atoms with Crippen LogP contribution in [-0.4, -0.2) is 54.3 Å². The van der Waals surface area contributed by atoms with Crippen LogP contribution in [0.25, 0.3) is 0 Å². The van der Waals surface area contributed by atoms with E-state index < -0.39 is 5.97 Å². The van der Waals surface area contributed by atoms with Gasteiger partial charge in [0.15, 0.2) is 5.16 Å². The number of nitrogens with zero attached hydrogens (tertiary/aromatic N) is 4. The highest BCUT2D eigenvalue weighted by atomic mass is 32.2. The van der Waals surface area contributed by atoms with Crippen molar-refractivity contribution in [3.05, 3.63) is 65.5 Å². The van der Waals surface area contributed by atoms with Crippen molar-refractivity contribution >= 4 is 29.2 Å². The summed E-state index contributed by atoms with van der Waals surface area (Å²) in [5.74, 6) is 0.318. The van der Waals surface area contributed by atoms with Crippen molar-refractivity contribution in [3.63, 3.8) is 0 Å². The molecule has 2 aromatic heterocycles. The number of carbonyl (C=O) groups is 1. The molecule has 0 aliphatic carbocycles. The second kappa shape index (κ2) is 10.0. The summed E-state index contributed by atoms with van der Waals surface area (Å²) in [4.78, 5) is 24.4. The number of furan rings is 1. The molecule has 0 radical (unpaired) electrons. The van der Waals surface area contributed by atoms with E-state index in [9.17, 15) is 9.18 Å². The van der Waals surface area contributed by atoms with Crippen molar-refractivity contribution in [1.29, 1.82) is 0 Å². The third kappa shape index (κ3) is 5.20. The standard InChI is InChI=1S/C22H23FN4O4S/c1-30-13-15-12-20(25-22(24-15)32-14-16-6-7-19(31-16)21(28)29)27-10-8-26(9-11-27)18-5-3-2-4-17(18)23/h2-7,12H,8-11,13-14H2,1H3,(H,28,29). The van der Waals surface area contributed by atoms with Crippen molar-refractivity contribution in [2.75, 3.05) is 43.1 Å². The Morgan fingerprint density at radius 3 is 2.59 bits per heavy atom. The Balaban J connectivity index is 1.45. The average Bonchev–Trinajstić information content (AvgIpc) is 3.28. The third-order valence-electron chi connectivity index (χ3n) is 5.05. The number of piperazine rings is 1. The lowest BCUT2D eigenvalue weighted by Crippen LogP contribution is -2.47. The van der Waals surface area contributed by atoms with Crippen LogP contribution in [0.5, 0.6) is 0 Å². The number of aromatic carboxylic acids is 1. The Bertz CT molecular complexity index is 1090. The predicted octanol–water partition coefficient (Wildman–Crippen LogP) is 3.67. The molecule has 0 unspecified atom stereocenters. The van der Waals surface area contributed by atoms with Gasteiger partial charge in [-0.25, -0.2) is 19.2 Å². The van der Waals surface area contributed by atoms with Crippen molar-refractivity contribution in [2.24, 2.45) is 0 Å². The van der Waals surface area contributed by atoms with Gasteiger partial charge in [0.2, 0.25) is 5.76 Å². The molecule has 1 saturated heterocycles. The summed E-state index contributed by atoms with van der Waals surface area (Å²) in [5, 5.41) is 9.55. The van der Waals surface area contributed by atoms with Gasteiger partial charge < -0.3 is 24.1 Å². The zero-order valence-corrected chi connectivity index (χ0v) is 18.3. The van der Waals surface area contributed by atoms with E-state index >= 15 is 0 Å². The number of rotatable bonds is 8. The number of anilines is 2. The van der Waals surface area contributed by atoms with Crippen molar-refractivity contribution in [2.45, 2.75) is 17.5 Å². The molecule has 0 bridgehead atoms. The Labute approximate surface area is 189 Å². The average molecular weight is 459 g/mol. The number of carboxylic acids is 1. The van der Waals surface area contributed by atoms with Crippen molar-refractivity contribution < 1.29 is 23.4 Å². The number of hydrogen-bond donors (Lipinski definition) is 1. The van der Waals surface area contributed by atoms with Crippen LogP contribution in [0.15, 0.2) is 52.0 Å². The maximum absolute atomic E-state index is 14.1. The monoisotopic (exact) mass is 458 g/mol. The summed E-state index contributed by atoms with van der Waals surface area (Å²) in [5.41, 5.74) is 1.37. The molecule has 1 aliphatic rings. The molecule has 10 heteroatoms. The molecule has 3 heterocycles. The van der Waals surface area contributed by atoms with Gasteiger partial charge in [0, 0.05) is 39.4 Å². The first-order valence-electron chi connectivity index (χ1n) is 10.1. The van der Waals surface area contributed by atoms with Gasteiger partial charge in [-0.2, -0.15) is 0 Å². The SMILES string of the molecule is COCc1cc(N2CCN(c3ccccc3F)CC2)nc(SCc2ccc(C(=O)O)o2)n1. The zero-order chi connectivity index (χ0) is 22.5. The van der Waals surface area contributed by atoms with Crippen molar-refractivity contribution in [3.8, 4) is 0 Å². The lowest BCUT2D eigenvalue weighted by molar-refractivity contribution is 0.0661. The molecule has 1 fully saturated rings. The van der Waals surface area contributed by atoms with E-state index in [1.165, 1.54) is 23.9 Å². The van der Waals surface area contributed by atoms with Gasteiger partial charge in [-0.05, 0) is 24.3 Å². The van der Waals surface area contributed by atoms with Gasteiger partial charge in [-0.1, -0.05) is 23.9 Å². The summed E-state index contributed by atoms with van der Waals surface area (Å²) >= 11 is 1.36. The number of halogens is 1. The molecule has 1 N–H and O–H groups in total. The fraction of sp³-hybridized carbons (Fsp3) is 0.318. The summed E-state index contributed by atoms with van der Waals surface area (Å²) in [6.07, 6.45) is 0. The molecule has 32 heavy (non-hydrogen) atoms. The predicted molar refractivity (Wildman–Crippen MR) is 119 cm³/mol. The minimum atomic E-state index is -1.10. The fourth-order valence-corrected chi connectivity index (χ4v) is 4.26. The van der Waals surface area contributed by atoms with E-state index in [1.807, 2.05) is 17.0 Å². The number of benzene rings is 1. The number of thioether (sulfide) groups is 1. The molecule has 0 amide bonds. The van der Waals surface area contributed by atoms with Crippen molar-refractivity contribution in [1.82, 2.24) is 9.97 Å². The summed E-state index contributed by atoms with van der Waals surface area (Å²) in [7, 11) is 1.61. The van der Waals surface area contributed by atoms with Crippen LogP contribution in [0.4, 0.5) is 15.9 Å². The lowest BCUT2D eigenvalue weighted by Gasteiger charge is -2.37.